The molecule has 0 unspecified atom stereocenters. The predicted molar refractivity (Wildman–Crippen MR) is 129 cm³/mol. The van der Waals surface area contributed by atoms with Crippen LogP contribution in [0.2, 0.25) is 0 Å². The number of morpholine rings is 1. The number of carbonyl (C=O) groups excluding carboxylic acids is 1. The van der Waals surface area contributed by atoms with Gasteiger partial charge in [-0.05, 0) is 62.8 Å². The van der Waals surface area contributed by atoms with Crippen molar-refractivity contribution >= 4 is 11.9 Å². The van der Waals surface area contributed by atoms with Crippen LogP contribution in [0.25, 0.3) is 0 Å². The van der Waals surface area contributed by atoms with E-state index in [2.05, 4.69) is 47.5 Å². The monoisotopic (exact) mass is 440 g/mol. The summed E-state index contributed by atoms with van der Waals surface area (Å²) in [5.41, 5.74) is 1.50. The molecule has 2 aliphatic heterocycles. The lowest BCUT2D eigenvalue weighted by molar-refractivity contribution is -0.140. The van der Waals surface area contributed by atoms with Gasteiger partial charge >= 0.3 is 0 Å². The van der Waals surface area contributed by atoms with Crippen molar-refractivity contribution in [3.05, 3.63) is 35.9 Å². The van der Waals surface area contributed by atoms with E-state index >= 15 is 0 Å². The Labute approximate surface area is 193 Å². The molecule has 1 aromatic rings. The van der Waals surface area contributed by atoms with Gasteiger partial charge in [0.25, 0.3) is 0 Å². The minimum Gasteiger partial charge on any atom is -0.378 e. The quantitative estimate of drug-likeness (QED) is 0.562. The summed E-state index contributed by atoms with van der Waals surface area (Å²) in [6.45, 7) is 8.59. The zero-order valence-electron chi connectivity index (χ0n) is 19.7. The lowest BCUT2D eigenvalue weighted by atomic mass is 9.79. The van der Waals surface area contributed by atoms with Gasteiger partial charge in [-0.1, -0.05) is 30.3 Å². The molecule has 0 aromatic heterocycles. The molecule has 2 heterocycles. The number of benzene rings is 1. The van der Waals surface area contributed by atoms with Crippen LogP contribution in [0, 0.1) is 11.8 Å². The SMILES string of the molecule is CCNC(=NCC1CCC(c2ccccc2)CC1)N1CCC(C(=O)N2CCOCC2)CC1. The third-order valence-electron chi connectivity index (χ3n) is 7.42. The summed E-state index contributed by atoms with van der Waals surface area (Å²) in [5.74, 6) is 2.91. The van der Waals surface area contributed by atoms with Crippen LogP contribution in [-0.4, -0.2) is 74.1 Å². The van der Waals surface area contributed by atoms with E-state index in [1.54, 1.807) is 0 Å². The molecule has 1 saturated carbocycles. The normalized spacial score (nSPS) is 25.6. The van der Waals surface area contributed by atoms with Crippen LogP contribution in [0.5, 0.6) is 0 Å². The van der Waals surface area contributed by atoms with Gasteiger partial charge in [0, 0.05) is 45.2 Å². The molecule has 3 fully saturated rings. The highest BCUT2D eigenvalue weighted by Crippen LogP contribution is 2.35. The summed E-state index contributed by atoms with van der Waals surface area (Å²) in [7, 11) is 0. The van der Waals surface area contributed by atoms with Crippen molar-refractivity contribution in [2.24, 2.45) is 16.8 Å². The lowest BCUT2D eigenvalue weighted by Crippen LogP contribution is -2.50. The zero-order valence-corrected chi connectivity index (χ0v) is 19.7. The molecule has 1 aromatic carbocycles. The zero-order chi connectivity index (χ0) is 22.2. The molecule has 0 radical (unpaired) electrons. The number of amides is 1. The first-order chi connectivity index (χ1) is 15.7. The Balaban J connectivity index is 1.25. The highest BCUT2D eigenvalue weighted by Gasteiger charge is 2.30. The topological polar surface area (TPSA) is 57.2 Å². The van der Waals surface area contributed by atoms with Crippen molar-refractivity contribution in [1.82, 2.24) is 15.1 Å². The molecule has 3 aliphatic rings. The number of carbonyl (C=O) groups is 1. The molecule has 0 bridgehead atoms. The van der Waals surface area contributed by atoms with Gasteiger partial charge < -0.3 is 19.9 Å². The maximum absolute atomic E-state index is 12.8. The van der Waals surface area contributed by atoms with E-state index in [-0.39, 0.29) is 5.92 Å². The van der Waals surface area contributed by atoms with Crippen LogP contribution < -0.4 is 5.32 Å². The Morgan fingerprint density at radius 1 is 0.969 bits per heavy atom. The Hall–Kier alpha value is -2.08. The lowest BCUT2D eigenvalue weighted by Gasteiger charge is -2.37. The molecule has 0 atom stereocenters. The fraction of sp³-hybridized carbons (Fsp3) is 0.692. The summed E-state index contributed by atoms with van der Waals surface area (Å²) in [6, 6.07) is 11.0. The Morgan fingerprint density at radius 2 is 1.66 bits per heavy atom. The van der Waals surface area contributed by atoms with E-state index in [0.29, 0.717) is 31.0 Å². The van der Waals surface area contributed by atoms with Gasteiger partial charge in [-0.2, -0.15) is 0 Å². The maximum Gasteiger partial charge on any atom is 0.225 e. The van der Waals surface area contributed by atoms with Crippen molar-refractivity contribution in [2.45, 2.75) is 51.4 Å². The third kappa shape index (κ3) is 6.03. The molecule has 4 rings (SSSR count). The first kappa shape index (κ1) is 23.1. The molecular weight excluding hydrogens is 400 g/mol. The molecule has 2 saturated heterocycles. The second-order valence-electron chi connectivity index (χ2n) is 9.52. The average Bonchev–Trinajstić information content (AvgIpc) is 2.87. The predicted octanol–water partition coefficient (Wildman–Crippen LogP) is 3.50. The molecule has 0 spiro atoms. The van der Waals surface area contributed by atoms with Crippen molar-refractivity contribution in [2.75, 3.05) is 52.5 Å². The second-order valence-corrected chi connectivity index (χ2v) is 9.52. The smallest absolute Gasteiger partial charge is 0.225 e. The first-order valence-corrected chi connectivity index (χ1v) is 12.7. The third-order valence-corrected chi connectivity index (χ3v) is 7.42. The van der Waals surface area contributed by atoms with Gasteiger partial charge in [0.1, 0.15) is 0 Å². The fourth-order valence-electron chi connectivity index (χ4n) is 5.43. The second kappa shape index (κ2) is 11.7. The molecule has 6 nitrogen and oxygen atoms in total. The Bertz CT molecular complexity index is 731. The van der Waals surface area contributed by atoms with Gasteiger partial charge in [0.05, 0.1) is 13.2 Å². The number of hydrogen-bond donors (Lipinski definition) is 1. The highest BCUT2D eigenvalue weighted by molar-refractivity contribution is 5.82. The van der Waals surface area contributed by atoms with Crippen LogP contribution in [-0.2, 0) is 9.53 Å². The molecule has 1 amide bonds. The summed E-state index contributed by atoms with van der Waals surface area (Å²) < 4.78 is 5.39. The van der Waals surface area contributed by atoms with Gasteiger partial charge in [-0.15, -0.1) is 0 Å². The number of ether oxygens (including phenoxy) is 1. The number of nitrogens with one attached hydrogen (secondary N) is 1. The van der Waals surface area contributed by atoms with Crippen molar-refractivity contribution in [3.8, 4) is 0 Å². The van der Waals surface area contributed by atoms with E-state index in [1.807, 2.05) is 4.90 Å². The number of rotatable bonds is 5. The number of aliphatic imine (C=N–C) groups is 1. The van der Waals surface area contributed by atoms with E-state index in [1.165, 1.54) is 31.2 Å². The van der Waals surface area contributed by atoms with Gasteiger partial charge in [-0.25, -0.2) is 0 Å². The summed E-state index contributed by atoms with van der Waals surface area (Å²) in [5, 5.41) is 3.50. The van der Waals surface area contributed by atoms with Crippen LogP contribution in [0.1, 0.15) is 56.9 Å². The summed E-state index contributed by atoms with van der Waals surface area (Å²) in [6.07, 6.45) is 6.91. The van der Waals surface area contributed by atoms with Gasteiger partial charge in [0.15, 0.2) is 5.96 Å². The number of guanidine groups is 1. The first-order valence-electron chi connectivity index (χ1n) is 12.7. The molecule has 176 valence electrons. The number of piperidine rings is 1. The summed E-state index contributed by atoms with van der Waals surface area (Å²) >= 11 is 0. The van der Waals surface area contributed by atoms with Crippen LogP contribution >= 0.6 is 0 Å². The molecule has 32 heavy (non-hydrogen) atoms. The Morgan fingerprint density at radius 3 is 2.31 bits per heavy atom. The Kier molecular flexibility index (Phi) is 8.43. The van der Waals surface area contributed by atoms with Crippen molar-refractivity contribution in [1.29, 1.82) is 0 Å². The highest BCUT2D eigenvalue weighted by atomic mass is 16.5. The average molecular weight is 441 g/mol. The maximum atomic E-state index is 12.8. The van der Waals surface area contributed by atoms with E-state index in [9.17, 15) is 4.79 Å². The van der Waals surface area contributed by atoms with Gasteiger partial charge in [-0.3, -0.25) is 9.79 Å². The number of nitrogens with zero attached hydrogens (tertiary/aromatic N) is 3. The molecule has 1 N–H and O–H groups in total. The van der Waals surface area contributed by atoms with Crippen LogP contribution in [0.4, 0.5) is 0 Å². The molecule has 6 heteroatoms. The van der Waals surface area contributed by atoms with Crippen LogP contribution in [0.15, 0.2) is 35.3 Å². The van der Waals surface area contributed by atoms with Crippen LogP contribution in [0.3, 0.4) is 0 Å². The minimum atomic E-state index is 0.153. The molecule has 1 aliphatic carbocycles. The largest absolute Gasteiger partial charge is 0.378 e. The fourth-order valence-corrected chi connectivity index (χ4v) is 5.43. The van der Waals surface area contributed by atoms with Crippen molar-refractivity contribution in [3.63, 3.8) is 0 Å². The standard InChI is InChI=1S/C26H40N4O2/c1-2-27-26(28-20-21-8-10-23(11-9-21)22-6-4-3-5-7-22)30-14-12-24(13-15-30)25(31)29-16-18-32-19-17-29/h3-7,21,23-24H,2,8-20H2,1H3,(H,27,28). The minimum absolute atomic E-state index is 0.153. The number of likely N-dealkylation sites (tertiary alicyclic amines) is 1. The van der Waals surface area contributed by atoms with E-state index < -0.39 is 0 Å². The van der Waals surface area contributed by atoms with E-state index in [0.717, 1.165) is 58.1 Å². The van der Waals surface area contributed by atoms with Gasteiger partial charge in [0.2, 0.25) is 5.91 Å². The summed E-state index contributed by atoms with van der Waals surface area (Å²) in [4.78, 5) is 22.2. The van der Waals surface area contributed by atoms with E-state index in [4.69, 9.17) is 9.73 Å². The molecular formula is C26H40N4O2. The van der Waals surface area contributed by atoms with Crippen molar-refractivity contribution < 1.29 is 9.53 Å². The number of hydrogen-bond acceptors (Lipinski definition) is 3.